The van der Waals surface area contributed by atoms with E-state index in [-0.39, 0.29) is 0 Å². The molecule has 5 heteroatoms. The Balaban J connectivity index is 2.01. The number of nitrogens with one attached hydrogen (secondary N) is 1. The number of hydrogen-bond donors (Lipinski definition) is 1. The molecule has 0 unspecified atom stereocenters. The summed E-state index contributed by atoms with van der Waals surface area (Å²) in [6, 6.07) is 6.55. The van der Waals surface area contributed by atoms with Crippen LogP contribution in [-0.4, -0.2) is 15.6 Å². The lowest BCUT2D eigenvalue weighted by atomic mass is 10.3. The highest BCUT2D eigenvalue weighted by molar-refractivity contribution is 14.1. The summed E-state index contributed by atoms with van der Waals surface area (Å²) in [4.78, 5) is 4.33. The van der Waals surface area contributed by atoms with Crippen LogP contribution in [0, 0.1) is 3.57 Å². The minimum absolute atomic E-state index is 0.581. The van der Waals surface area contributed by atoms with Crippen molar-refractivity contribution in [3.05, 3.63) is 39.2 Å². The Morgan fingerprint density at radius 3 is 3.00 bits per heavy atom. The molecule has 0 bridgehead atoms. The summed E-state index contributed by atoms with van der Waals surface area (Å²) in [5.74, 6) is 0.872. The summed E-state index contributed by atoms with van der Waals surface area (Å²) in [5, 5.41) is 4.14. The molecule has 88 valence electrons. The maximum Gasteiger partial charge on any atom is 0.207 e. The molecule has 0 aliphatic heterocycles. The largest absolute Gasteiger partial charge is 0.353 e. The molecule has 1 N–H and O–H groups in total. The lowest BCUT2D eigenvalue weighted by Gasteiger charge is -2.11. The highest BCUT2D eigenvalue weighted by atomic mass is 127. The first kappa shape index (κ1) is 11.3. The van der Waals surface area contributed by atoms with E-state index in [1.807, 2.05) is 22.9 Å². The van der Waals surface area contributed by atoms with Crippen LogP contribution in [0.25, 0.3) is 5.69 Å². The van der Waals surface area contributed by atoms with Crippen molar-refractivity contribution < 1.29 is 0 Å². The fraction of sp³-hybridized carbons (Fsp3) is 0.250. The monoisotopic (exact) mass is 359 g/mol. The molecule has 1 aromatic heterocycles. The molecule has 0 spiro atoms. The van der Waals surface area contributed by atoms with Crippen LogP contribution in [0.3, 0.4) is 0 Å². The van der Waals surface area contributed by atoms with Crippen molar-refractivity contribution in [3.63, 3.8) is 0 Å². The first-order valence-electron chi connectivity index (χ1n) is 5.49. The Morgan fingerprint density at radius 2 is 2.24 bits per heavy atom. The number of aromatic nitrogens is 2. The summed E-state index contributed by atoms with van der Waals surface area (Å²) in [6.45, 7) is 0. The number of halogens is 2. The van der Waals surface area contributed by atoms with Crippen molar-refractivity contribution in [2.45, 2.75) is 18.9 Å². The number of nitrogens with zero attached hydrogens (tertiary/aromatic N) is 2. The van der Waals surface area contributed by atoms with Crippen molar-refractivity contribution in [1.29, 1.82) is 0 Å². The molecule has 0 amide bonds. The lowest BCUT2D eigenvalue weighted by molar-refractivity contribution is 1.00. The first-order valence-corrected chi connectivity index (χ1v) is 6.95. The molecule has 3 nitrogen and oxygen atoms in total. The fourth-order valence-electron chi connectivity index (χ4n) is 1.69. The van der Waals surface area contributed by atoms with Crippen LogP contribution in [0.2, 0.25) is 5.02 Å². The molecule has 0 atom stereocenters. The zero-order valence-corrected chi connectivity index (χ0v) is 11.9. The molecule has 1 aliphatic carbocycles. The molecule has 1 saturated carbocycles. The second-order valence-corrected chi connectivity index (χ2v) is 5.79. The van der Waals surface area contributed by atoms with Crippen LogP contribution in [0.4, 0.5) is 5.95 Å². The molecule has 0 radical (unpaired) electrons. The van der Waals surface area contributed by atoms with Crippen molar-refractivity contribution in [2.75, 3.05) is 5.32 Å². The van der Waals surface area contributed by atoms with Gasteiger partial charge in [-0.3, -0.25) is 4.57 Å². The van der Waals surface area contributed by atoms with E-state index in [2.05, 4.69) is 39.0 Å². The number of hydrogen-bond acceptors (Lipinski definition) is 2. The Labute approximate surface area is 118 Å². The highest BCUT2D eigenvalue weighted by Gasteiger charge is 2.23. The molecule has 3 rings (SSSR count). The Kier molecular flexibility index (Phi) is 3.00. The van der Waals surface area contributed by atoms with Crippen LogP contribution in [0.1, 0.15) is 12.8 Å². The summed E-state index contributed by atoms with van der Waals surface area (Å²) >= 11 is 8.52. The first-order chi connectivity index (χ1) is 8.24. The smallest absolute Gasteiger partial charge is 0.207 e. The second-order valence-electron chi connectivity index (χ2n) is 4.14. The molecule has 0 saturated heterocycles. The van der Waals surface area contributed by atoms with E-state index < -0.39 is 0 Å². The van der Waals surface area contributed by atoms with E-state index in [1.165, 1.54) is 12.8 Å². The molecule has 1 heterocycles. The van der Waals surface area contributed by atoms with E-state index in [0.29, 0.717) is 6.04 Å². The average molecular weight is 360 g/mol. The SMILES string of the molecule is Clc1ccc(I)cc1-n1ccnc1NC1CC1. The summed E-state index contributed by atoms with van der Waals surface area (Å²) in [5.41, 5.74) is 0.971. The van der Waals surface area contributed by atoms with E-state index in [4.69, 9.17) is 11.6 Å². The molecule has 1 aromatic carbocycles. The normalized spacial score (nSPS) is 14.9. The number of imidazole rings is 1. The average Bonchev–Trinajstić information content (AvgIpc) is 3.00. The van der Waals surface area contributed by atoms with Gasteiger partial charge in [-0.1, -0.05) is 11.6 Å². The van der Waals surface area contributed by atoms with Gasteiger partial charge in [-0.15, -0.1) is 0 Å². The van der Waals surface area contributed by atoms with Gasteiger partial charge in [-0.25, -0.2) is 4.98 Å². The van der Waals surface area contributed by atoms with Crippen LogP contribution >= 0.6 is 34.2 Å². The Bertz CT molecular complexity index is 548. The molecular weight excluding hydrogens is 349 g/mol. The third-order valence-electron chi connectivity index (χ3n) is 2.72. The highest BCUT2D eigenvalue weighted by Crippen LogP contribution is 2.28. The fourth-order valence-corrected chi connectivity index (χ4v) is 2.37. The van der Waals surface area contributed by atoms with Gasteiger partial charge in [0, 0.05) is 22.0 Å². The number of rotatable bonds is 3. The lowest BCUT2D eigenvalue weighted by Crippen LogP contribution is -2.08. The van der Waals surface area contributed by atoms with E-state index in [0.717, 1.165) is 20.2 Å². The minimum atomic E-state index is 0.581. The van der Waals surface area contributed by atoms with Crippen LogP contribution in [-0.2, 0) is 0 Å². The standard InChI is InChI=1S/C12H11ClIN3/c13-10-4-1-8(14)7-11(10)17-6-5-15-12(17)16-9-2-3-9/h1,4-7,9H,2-3H2,(H,15,16). The summed E-state index contributed by atoms with van der Waals surface area (Å²) in [7, 11) is 0. The summed E-state index contributed by atoms with van der Waals surface area (Å²) < 4.78 is 3.16. The molecule has 17 heavy (non-hydrogen) atoms. The van der Waals surface area contributed by atoms with Gasteiger partial charge in [-0.2, -0.15) is 0 Å². The molecular formula is C12H11ClIN3. The zero-order valence-electron chi connectivity index (χ0n) is 9.03. The van der Waals surface area contributed by atoms with Gasteiger partial charge in [0.15, 0.2) is 0 Å². The van der Waals surface area contributed by atoms with E-state index >= 15 is 0 Å². The third kappa shape index (κ3) is 2.42. The third-order valence-corrected chi connectivity index (χ3v) is 3.71. The summed E-state index contributed by atoms with van der Waals surface area (Å²) in [6.07, 6.45) is 6.18. The second kappa shape index (κ2) is 4.49. The molecule has 2 aromatic rings. The van der Waals surface area contributed by atoms with Gasteiger partial charge in [-0.05, 0) is 53.6 Å². The number of benzene rings is 1. The van der Waals surface area contributed by atoms with E-state index in [9.17, 15) is 0 Å². The molecule has 1 aliphatic rings. The van der Waals surface area contributed by atoms with Crippen LogP contribution < -0.4 is 5.32 Å². The Hall–Kier alpha value is -0.750. The van der Waals surface area contributed by atoms with Gasteiger partial charge in [0.05, 0.1) is 10.7 Å². The maximum atomic E-state index is 6.23. The van der Waals surface area contributed by atoms with Crippen molar-refractivity contribution in [3.8, 4) is 5.69 Å². The van der Waals surface area contributed by atoms with Gasteiger partial charge >= 0.3 is 0 Å². The number of anilines is 1. The van der Waals surface area contributed by atoms with E-state index in [1.54, 1.807) is 6.20 Å². The topological polar surface area (TPSA) is 29.9 Å². The van der Waals surface area contributed by atoms with Crippen LogP contribution in [0.5, 0.6) is 0 Å². The Morgan fingerprint density at radius 1 is 1.41 bits per heavy atom. The predicted octanol–water partition coefficient (Wildman–Crippen LogP) is 3.70. The van der Waals surface area contributed by atoms with Gasteiger partial charge < -0.3 is 5.32 Å². The maximum absolute atomic E-state index is 6.23. The van der Waals surface area contributed by atoms with Crippen molar-refractivity contribution >= 4 is 40.1 Å². The van der Waals surface area contributed by atoms with Gasteiger partial charge in [0.2, 0.25) is 5.95 Å². The van der Waals surface area contributed by atoms with Gasteiger partial charge in [0.1, 0.15) is 0 Å². The van der Waals surface area contributed by atoms with Crippen LogP contribution in [0.15, 0.2) is 30.6 Å². The quantitative estimate of drug-likeness (QED) is 0.847. The molecule has 1 fully saturated rings. The van der Waals surface area contributed by atoms with Crippen molar-refractivity contribution in [2.24, 2.45) is 0 Å². The van der Waals surface area contributed by atoms with Crippen molar-refractivity contribution in [1.82, 2.24) is 9.55 Å². The zero-order chi connectivity index (χ0) is 11.8. The predicted molar refractivity (Wildman–Crippen MR) is 77.9 cm³/mol. The van der Waals surface area contributed by atoms with Gasteiger partial charge in [0.25, 0.3) is 0 Å². The minimum Gasteiger partial charge on any atom is -0.353 e.